The number of amides is 1. The van der Waals surface area contributed by atoms with Crippen LogP contribution in [0.4, 0.5) is 0 Å². The van der Waals surface area contributed by atoms with Crippen LogP contribution in [0.5, 0.6) is 5.75 Å². The lowest BCUT2D eigenvalue weighted by Crippen LogP contribution is -2.43. The molecule has 0 aliphatic carbocycles. The molecule has 1 N–H and O–H groups in total. The normalized spacial score (nSPS) is 15.0. The van der Waals surface area contributed by atoms with Gasteiger partial charge in [0.05, 0.1) is 28.6 Å². The van der Waals surface area contributed by atoms with Gasteiger partial charge in [0.25, 0.3) is 11.5 Å². The molecule has 1 atom stereocenters. The number of benzene rings is 3. The number of thiazole rings is 1. The van der Waals surface area contributed by atoms with Gasteiger partial charge in [-0.15, -0.1) is 0 Å². The first-order valence-corrected chi connectivity index (χ1v) is 15.7. The van der Waals surface area contributed by atoms with E-state index in [1.54, 1.807) is 16.6 Å². The summed E-state index contributed by atoms with van der Waals surface area (Å²) in [6, 6.07) is 21.4. The number of para-hydroxylation sites is 1. The predicted molar refractivity (Wildman–Crippen MR) is 178 cm³/mol. The maximum atomic E-state index is 14.5. The summed E-state index contributed by atoms with van der Waals surface area (Å²) in [7, 11) is 1.61. The Morgan fingerprint density at radius 2 is 1.75 bits per heavy atom. The third-order valence-corrected chi connectivity index (χ3v) is 9.35. The van der Waals surface area contributed by atoms with Crippen molar-refractivity contribution in [3.8, 4) is 17.0 Å². The zero-order valence-corrected chi connectivity index (χ0v) is 26.7. The number of aryl methyl sites for hydroxylation is 2. The highest BCUT2D eigenvalue weighted by atomic mass is 32.1. The highest BCUT2D eigenvalue weighted by molar-refractivity contribution is 7.07. The van der Waals surface area contributed by atoms with Gasteiger partial charge < -0.3 is 14.6 Å². The van der Waals surface area contributed by atoms with Crippen molar-refractivity contribution in [3.05, 3.63) is 120 Å². The highest BCUT2D eigenvalue weighted by Crippen LogP contribution is 2.37. The van der Waals surface area contributed by atoms with Crippen LogP contribution in [0.15, 0.2) is 87.8 Å². The molecule has 1 amide bonds. The molecule has 6 rings (SSSR count). The van der Waals surface area contributed by atoms with Gasteiger partial charge in [0.15, 0.2) is 4.80 Å². The minimum atomic E-state index is -0.682. The second-order valence-electron chi connectivity index (χ2n) is 11.1. The molecule has 0 saturated heterocycles. The Balaban J connectivity index is 1.65. The van der Waals surface area contributed by atoms with Gasteiger partial charge >= 0.3 is 0 Å². The van der Waals surface area contributed by atoms with Crippen LogP contribution >= 0.6 is 11.3 Å². The van der Waals surface area contributed by atoms with E-state index in [1.807, 2.05) is 69.3 Å². The van der Waals surface area contributed by atoms with Crippen LogP contribution in [0.1, 0.15) is 49.1 Å². The van der Waals surface area contributed by atoms with Crippen LogP contribution in [0.25, 0.3) is 28.2 Å². The minimum Gasteiger partial charge on any atom is -0.496 e. The van der Waals surface area contributed by atoms with Gasteiger partial charge in [-0.2, -0.15) is 0 Å². The van der Waals surface area contributed by atoms with E-state index in [4.69, 9.17) is 9.73 Å². The lowest BCUT2D eigenvalue weighted by atomic mass is 9.94. The standard InChI is InChI=1S/C36H36N4O3S/c1-7-39(8-2)35(42)30-23(5)37-36-40(33(30)25-16-12-13-17-28(25)43-6)34(41)29(44-36)20-27-26-19-21(3)18-22(4)31(26)38-32(27)24-14-10-9-11-15-24/h9-20,33,38H,7-8H2,1-6H3/b29-20+/t33-/m0/s1. The topological polar surface area (TPSA) is 79.7 Å². The SMILES string of the molecule is CCN(CC)C(=O)C1=C(C)N=c2s/c(=C/c3c(-c4ccccc4)[nH]c4c(C)cc(C)cc34)c(=O)n2[C@H]1c1ccccc1OC. The maximum Gasteiger partial charge on any atom is 0.271 e. The fourth-order valence-electron chi connectivity index (χ4n) is 6.25. The number of hydrogen-bond donors (Lipinski definition) is 1. The Kier molecular flexibility index (Phi) is 7.86. The summed E-state index contributed by atoms with van der Waals surface area (Å²) >= 11 is 1.34. The van der Waals surface area contributed by atoms with Crippen LogP contribution < -0.4 is 19.6 Å². The maximum absolute atomic E-state index is 14.5. The molecule has 44 heavy (non-hydrogen) atoms. The number of carbonyl (C=O) groups is 1. The van der Waals surface area contributed by atoms with Crippen molar-refractivity contribution in [1.29, 1.82) is 0 Å². The van der Waals surface area contributed by atoms with Crippen LogP contribution in [0.2, 0.25) is 0 Å². The molecule has 1 aliphatic heterocycles. The molecule has 0 spiro atoms. The molecule has 0 fully saturated rings. The van der Waals surface area contributed by atoms with E-state index in [-0.39, 0.29) is 11.5 Å². The molecule has 5 aromatic rings. The van der Waals surface area contributed by atoms with Crippen LogP contribution in [0, 0.1) is 13.8 Å². The first-order chi connectivity index (χ1) is 21.3. The lowest BCUT2D eigenvalue weighted by Gasteiger charge is -2.29. The molecular weight excluding hydrogens is 568 g/mol. The molecule has 0 unspecified atom stereocenters. The van der Waals surface area contributed by atoms with Gasteiger partial charge in [-0.25, -0.2) is 4.99 Å². The molecule has 8 heteroatoms. The van der Waals surface area contributed by atoms with Crippen molar-refractivity contribution in [2.45, 2.75) is 40.7 Å². The Bertz CT molecular complexity index is 2110. The number of fused-ring (bicyclic) bond motifs is 2. The number of hydrogen-bond acceptors (Lipinski definition) is 5. The molecule has 3 aromatic carbocycles. The van der Waals surface area contributed by atoms with Gasteiger partial charge in [-0.1, -0.05) is 71.5 Å². The highest BCUT2D eigenvalue weighted by Gasteiger charge is 2.35. The Morgan fingerprint density at radius 3 is 2.45 bits per heavy atom. The quantitative estimate of drug-likeness (QED) is 0.252. The van der Waals surface area contributed by atoms with E-state index in [2.05, 4.69) is 43.1 Å². The number of ether oxygens (including phenoxy) is 1. The molecule has 2 aromatic heterocycles. The zero-order valence-electron chi connectivity index (χ0n) is 25.9. The van der Waals surface area contributed by atoms with Crippen molar-refractivity contribution < 1.29 is 9.53 Å². The van der Waals surface area contributed by atoms with Crippen LogP contribution in [0.3, 0.4) is 0 Å². The van der Waals surface area contributed by atoms with E-state index in [9.17, 15) is 9.59 Å². The number of likely N-dealkylation sites (N-methyl/N-ethyl adjacent to an activating group) is 1. The number of rotatable bonds is 7. The molecule has 0 radical (unpaired) electrons. The zero-order chi connectivity index (χ0) is 31.1. The predicted octanol–water partition coefficient (Wildman–Crippen LogP) is 5.88. The number of nitrogens with zero attached hydrogens (tertiary/aromatic N) is 3. The third kappa shape index (κ3) is 4.89. The summed E-state index contributed by atoms with van der Waals surface area (Å²) in [5.74, 6) is 0.482. The van der Waals surface area contributed by atoms with Crippen molar-refractivity contribution >= 4 is 34.2 Å². The monoisotopic (exact) mass is 604 g/mol. The van der Waals surface area contributed by atoms with Crippen LogP contribution in [-0.2, 0) is 4.79 Å². The van der Waals surface area contributed by atoms with E-state index < -0.39 is 6.04 Å². The van der Waals surface area contributed by atoms with Gasteiger partial charge in [-0.05, 0) is 64.0 Å². The number of aromatic nitrogens is 2. The number of carbonyl (C=O) groups excluding carboxylic acids is 1. The van der Waals surface area contributed by atoms with E-state index in [0.29, 0.717) is 39.4 Å². The van der Waals surface area contributed by atoms with Crippen molar-refractivity contribution in [1.82, 2.24) is 14.5 Å². The second kappa shape index (κ2) is 11.8. The van der Waals surface area contributed by atoms with Crippen LogP contribution in [-0.4, -0.2) is 40.6 Å². The lowest BCUT2D eigenvalue weighted by molar-refractivity contribution is -0.127. The number of nitrogens with one attached hydrogen (secondary N) is 1. The Labute approximate surface area is 260 Å². The molecule has 7 nitrogen and oxygen atoms in total. The minimum absolute atomic E-state index is 0.129. The average Bonchev–Trinajstić information content (AvgIpc) is 3.54. The van der Waals surface area contributed by atoms with E-state index in [0.717, 1.165) is 44.4 Å². The first kappa shape index (κ1) is 29.4. The summed E-state index contributed by atoms with van der Waals surface area (Å²) < 4.78 is 7.97. The molecule has 1 aliphatic rings. The van der Waals surface area contributed by atoms with Crippen molar-refractivity contribution in [3.63, 3.8) is 0 Å². The first-order valence-electron chi connectivity index (χ1n) is 14.9. The summed E-state index contributed by atoms with van der Waals surface area (Å²) in [5.41, 5.74) is 7.92. The summed E-state index contributed by atoms with van der Waals surface area (Å²) in [6.45, 7) is 11.1. The van der Waals surface area contributed by atoms with Gasteiger partial charge in [0.1, 0.15) is 11.8 Å². The third-order valence-electron chi connectivity index (χ3n) is 8.36. The molecule has 3 heterocycles. The second-order valence-corrected chi connectivity index (χ2v) is 12.1. The summed E-state index contributed by atoms with van der Waals surface area (Å²) in [6.07, 6.45) is 1.98. The summed E-state index contributed by atoms with van der Waals surface area (Å²) in [5, 5.41) is 1.06. The Morgan fingerprint density at radius 1 is 1.05 bits per heavy atom. The van der Waals surface area contributed by atoms with E-state index >= 15 is 0 Å². The Hall–Kier alpha value is -4.69. The van der Waals surface area contributed by atoms with Gasteiger partial charge in [-0.3, -0.25) is 14.2 Å². The molecular formula is C36H36N4O3S. The molecule has 224 valence electrons. The largest absolute Gasteiger partial charge is 0.496 e. The fourth-order valence-corrected chi connectivity index (χ4v) is 7.28. The summed E-state index contributed by atoms with van der Waals surface area (Å²) in [4.78, 5) is 39.3. The molecule has 0 bridgehead atoms. The number of H-pyrrole nitrogens is 1. The fraction of sp³-hybridized carbons (Fsp3) is 0.250. The van der Waals surface area contributed by atoms with Gasteiger partial charge in [0, 0.05) is 35.1 Å². The van der Waals surface area contributed by atoms with Crippen molar-refractivity contribution in [2.75, 3.05) is 20.2 Å². The number of methoxy groups -OCH3 is 1. The van der Waals surface area contributed by atoms with Crippen molar-refractivity contribution in [2.24, 2.45) is 4.99 Å². The number of aromatic amines is 1. The average molecular weight is 605 g/mol. The van der Waals surface area contributed by atoms with E-state index in [1.165, 1.54) is 11.3 Å². The van der Waals surface area contributed by atoms with Gasteiger partial charge in [0.2, 0.25) is 0 Å². The smallest absolute Gasteiger partial charge is 0.271 e. The molecule has 0 saturated carbocycles. The number of allylic oxidation sites excluding steroid dienone is 1.